The van der Waals surface area contributed by atoms with Crippen LogP contribution >= 0.6 is 0 Å². The Bertz CT molecular complexity index is 2230. The van der Waals surface area contributed by atoms with Gasteiger partial charge in [-0.15, -0.1) is 0 Å². The molecular formula is C43H59N13O9. The van der Waals surface area contributed by atoms with Gasteiger partial charge in [-0.05, 0) is 55.8 Å². The zero-order valence-electron chi connectivity index (χ0n) is 35.8. The molecule has 0 saturated carbocycles. The molecule has 0 saturated heterocycles. The average Bonchev–Trinajstić information content (AvgIpc) is 3.95. The number of guanidine groups is 1. The summed E-state index contributed by atoms with van der Waals surface area (Å²) in [6.07, 6.45) is 4.97. The highest BCUT2D eigenvalue weighted by Crippen LogP contribution is 2.20. The fourth-order valence-electron chi connectivity index (χ4n) is 6.92. The summed E-state index contributed by atoms with van der Waals surface area (Å²) in [4.78, 5) is 107. The first-order valence-electron chi connectivity index (χ1n) is 21.2. The number of aromatic amines is 2. The molecule has 6 atom stereocenters. The van der Waals surface area contributed by atoms with Crippen LogP contribution in [0.4, 0.5) is 0 Å². The Morgan fingerprint density at radius 3 is 1.88 bits per heavy atom. The van der Waals surface area contributed by atoms with Gasteiger partial charge in [-0.3, -0.25) is 33.8 Å². The Balaban J connectivity index is 1.67. The summed E-state index contributed by atoms with van der Waals surface area (Å²) in [5, 5.41) is 32.9. The molecule has 65 heavy (non-hydrogen) atoms. The predicted octanol–water partition coefficient (Wildman–Crippen LogP) is -1.20. The number of carbonyl (C=O) groups is 7. The van der Waals surface area contributed by atoms with Crippen molar-refractivity contribution in [1.29, 1.82) is 0 Å². The lowest BCUT2D eigenvalue weighted by Gasteiger charge is -2.27. The monoisotopic (exact) mass is 901 g/mol. The van der Waals surface area contributed by atoms with Crippen molar-refractivity contribution in [1.82, 2.24) is 41.5 Å². The third-order valence-corrected chi connectivity index (χ3v) is 10.4. The highest BCUT2D eigenvalue weighted by molar-refractivity contribution is 5.97. The van der Waals surface area contributed by atoms with Crippen LogP contribution in [0.1, 0.15) is 61.8 Å². The minimum atomic E-state index is -1.60. The minimum Gasteiger partial charge on any atom is -0.481 e. The number of nitrogens with zero attached hydrogens (tertiary/aromatic N) is 2. The summed E-state index contributed by atoms with van der Waals surface area (Å²) in [7, 11) is 0. The normalized spacial score (nSPS) is 13.8. The molecule has 4 rings (SSSR count). The molecule has 0 fully saturated rings. The number of unbranched alkanes of at least 4 members (excludes halogenated alkanes) is 1. The number of carboxylic acids is 2. The van der Waals surface area contributed by atoms with E-state index in [-0.39, 0.29) is 44.6 Å². The number of amides is 5. The summed E-state index contributed by atoms with van der Waals surface area (Å²) in [5.74, 6) is -6.80. The molecule has 2 aromatic heterocycles. The number of hydrogen-bond acceptors (Lipinski definition) is 11. The second kappa shape index (κ2) is 25.7. The molecule has 350 valence electrons. The van der Waals surface area contributed by atoms with Gasteiger partial charge >= 0.3 is 11.9 Å². The van der Waals surface area contributed by atoms with Gasteiger partial charge in [0.15, 0.2) is 5.96 Å². The lowest BCUT2D eigenvalue weighted by atomic mass is 10.0. The fraction of sp³-hybridized carbons (Fsp3) is 0.419. The van der Waals surface area contributed by atoms with E-state index in [0.29, 0.717) is 42.6 Å². The van der Waals surface area contributed by atoms with Crippen LogP contribution in [0.2, 0.25) is 0 Å². The summed E-state index contributed by atoms with van der Waals surface area (Å²) < 4.78 is 0. The highest BCUT2D eigenvalue weighted by atomic mass is 16.4. The third-order valence-electron chi connectivity index (χ3n) is 10.4. The Kier molecular flexibility index (Phi) is 19.9. The number of fused-ring (bicyclic) bond motifs is 1. The number of nitrogens with two attached hydrogens (primary N) is 4. The van der Waals surface area contributed by atoms with E-state index in [9.17, 15) is 38.7 Å². The van der Waals surface area contributed by atoms with Crippen molar-refractivity contribution in [3.8, 4) is 0 Å². The number of aromatic nitrogens is 3. The molecule has 0 unspecified atom stereocenters. The minimum absolute atomic E-state index is 0.0587. The van der Waals surface area contributed by atoms with Gasteiger partial charge in [0.2, 0.25) is 29.5 Å². The number of hydrogen-bond donors (Lipinski definition) is 13. The molecule has 22 heteroatoms. The van der Waals surface area contributed by atoms with Crippen LogP contribution in [0.5, 0.6) is 0 Å². The number of para-hydroxylation sites is 1. The molecule has 2 aromatic carbocycles. The smallest absolute Gasteiger partial charge is 0.326 e. The number of carboxylic acid groups (broad SMARTS) is 2. The van der Waals surface area contributed by atoms with Crippen LogP contribution in [-0.2, 0) is 52.8 Å². The Morgan fingerprint density at radius 2 is 1.26 bits per heavy atom. The van der Waals surface area contributed by atoms with Crippen LogP contribution in [0, 0.1) is 0 Å². The summed E-state index contributed by atoms with van der Waals surface area (Å²) in [5.41, 5.74) is 25.2. The Hall–Kier alpha value is -7.33. The first-order valence-corrected chi connectivity index (χ1v) is 21.2. The maximum atomic E-state index is 14.6. The summed E-state index contributed by atoms with van der Waals surface area (Å²) in [6.45, 7) is 0.557. The quantitative estimate of drug-likeness (QED) is 0.0181. The van der Waals surface area contributed by atoms with Crippen molar-refractivity contribution in [2.75, 3.05) is 13.1 Å². The largest absolute Gasteiger partial charge is 0.481 e. The topological polar surface area (TPSA) is 381 Å². The van der Waals surface area contributed by atoms with Crippen LogP contribution in [0.3, 0.4) is 0 Å². The van der Waals surface area contributed by atoms with E-state index in [1.807, 2.05) is 24.3 Å². The molecule has 17 N–H and O–H groups in total. The maximum Gasteiger partial charge on any atom is 0.326 e. The Morgan fingerprint density at radius 1 is 0.662 bits per heavy atom. The summed E-state index contributed by atoms with van der Waals surface area (Å²) >= 11 is 0. The average molecular weight is 902 g/mol. The van der Waals surface area contributed by atoms with Gasteiger partial charge in [-0.25, -0.2) is 9.78 Å². The second-order valence-electron chi connectivity index (χ2n) is 15.5. The molecule has 5 amide bonds. The zero-order valence-corrected chi connectivity index (χ0v) is 35.8. The number of aliphatic carboxylic acids is 2. The number of benzene rings is 2. The number of nitrogens with one attached hydrogen (secondary N) is 7. The highest BCUT2D eigenvalue weighted by Gasteiger charge is 2.34. The molecule has 0 bridgehead atoms. The van der Waals surface area contributed by atoms with E-state index < -0.39 is 90.6 Å². The van der Waals surface area contributed by atoms with E-state index in [1.165, 1.54) is 12.5 Å². The van der Waals surface area contributed by atoms with Gasteiger partial charge in [-0.1, -0.05) is 55.0 Å². The van der Waals surface area contributed by atoms with E-state index in [1.54, 1.807) is 36.5 Å². The van der Waals surface area contributed by atoms with Gasteiger partial charge in [0.1, 0.15) is 30.2 Å². The predicted molar refractivity (Wildman–Crippen MR) is 239 cm³/mol. The van der Waals surface area contributed by atoms with Gasteiger partial charge in [0.05, 0.1) is 12.4 Å². The first kappa shape index (κ1) is 50.3. The lowest BCUT2D eigenvalue weighted by Crippen LogP contribution is -2.60. The van der Waals surface area contributed by atoms with E-state index in [4.69, 9.17) is 28.0 Å². The molecule has 0 aliphatic rings. The number of carbonyl (C=O) groups excluding carboxylic acids is 5. The number of aliphatic imine (C=N–C) groups is 1. The maximum absolute atomic E-state index is 14.6. The molecule has 0 aliphatic carbocycles. The van der Waals surface area contributed by atoms with E-state index >= 15 is 0 Å². The SMILES string of the molecule is NCCCC[C@H](N)C(=O)N[C@@H](CCCN=C(N)N)C(=O)N[C@@H](Cc1c[nH]c2ccccc12)C(=O)N[C@@H](Cc1ccccc1)C(=O)N[C@@H](Cc1cnc[nH]1)C(=O)N[C@@H](CCC(=O)O)C(=O)O. The number of imidazole rings is 1. The Labute approximate surface area is 374 Å². The molecule has 0 radical (unpaired) electrons. The van der Waals surface area contributed by atoms with Crippen molar-refractivity contribution >= 4 is 58.3 Å². The van der Waals surface area contributed by atoms with E-state index in [0.717, 1.165) is 10.9 Å². The number of rotatable bonds is 28. The van der Waals surface area contributed by atoms with Crippen molar-refractivity contribution in [2.24, 2.45) is 27.9 Å². The lowest BCUT2D eigenvalue weighted by molar-refractivity contribution is -0.143. The van der Waals surface area contributed by atoms with Gasteiger partial charge in [0, 0.05) is 61.2 Å². The second-order valence-corrected chi connectivity index (χ2v) is 15.5. The van der Waals surface area contributed by atoms with Gasteiger partial charge in [0.25, 0.3) is 0 Å². The van der Waals surface area contributed by atoms with Gasteiger partial charge in [-0.2, -0.15) is 0 Å². The standard InChI is InChI=1S/C43H59N13O9/c44-17-7-6-12-29(45)37(59)52-31(14-8-18-49-43(46)47)38(60)55-34(20-26-22-50-30-13-5-4-11-28(26)30)40(62)54-33(19-25-9-2-1-3-10-25)39(61)56-35(21-27-23-48-24-51-27)41(63)53-32(42(64)65)15-16-36(57)58/h1-5,9-11,13,22-24,29,31-35,50H,6-8,12,14-21,44-45H2,(H,48,51)(H,52,59)(H,53,63)(H,54,62)(H,55,60)(H,56,61)(H,57,58)(H,64,65)(H4,46,47,49)/t29-,31-,32-,33-,34-,35-/m0/s1. The zero-order chi connectivity index (χ0) is 47.3. The first-order chi connectivity index (χ1) is 31.1. The molecular weight excluding hydrogens is 843 g/mol. The van der Waals surface area contributed by atoms with Gasteiger partial charge < -0.3 is 69.7 Å². The van der Waals surface area contributed by atoms with Crippen LogP contribution < -0.4 is 49.5 Å². The fourth-order valence-corrected chi connectivity index (χ4v) is 6.92. The molecule has 0 aliphatic heterocycles. The van der Waals surface area contributed by atoms with E-state index in [2.05, 4.69) is 46.5 Å². The van der Waals surface area contributed by atoms with Crippen molar-refractivity contribution in [3.63, 3.8) is 0 Å². The van der Waals surface area contributed by atoms with Crippen LogP contribution in [0.25, 0.3) is 10.9 Å². The van der Waals surface area contributed by atoms with Crippen LogP contribution in [-0.4, -0.2) is 122 Å². The molecule has 4 aromatic rings. The summed E-state index contributed by atoms with van der Waals surface area (Å²) in [6, 6.07) is 8.09. The molecule has 22 nitrogen and oxygen atoms in total. The van der Waals surface area contributed by atoms with Crippen molar-refractivity contribution in [2.45, 2.75) is 100 Å². The number of H-pyrrole nitrogens is 2. The van der Waals surface area contributed by atoms with Crippen LogP contribution in [0.15, 0.2) is 78.3 Å². The molecule has 0 spiro atoms. The van der Waals surface area contributed by atoms with Crippen molar-refractivity contribution in [3.05, 3.63) is 90.1 Å². The molecule has 2 heterocycles. The third kappa shape index (κ3) is 16.7. The van der Waals surface area contributed by atoms with Crippen molar-refractivity contribution < 1.29 is 43.8 Å².